The molecule has 0 aliphatic carbocycles. The summed E-state index contributed by atoms with van der Waals surface area (Å²) in [7, 11) is -0.692. The molecular weight excluding hydrogens is 508 g/mol. The van der Waals surface area contributed by atoms with Crippen molar-refractivity contribution in [2.45, 2.75) is 18.2 Å². The highest BCUT2D eigenvalue weighted by molar-refractivity contribution is 7.89. The van der Waals surface area contributed by atoms with Crippen LogP contribution < -0.4 is 5.32 Å². The zero-order chi connectivity index (χ0) is 26.2. The summed E-state index contributed by atoms with van der Waals surface area (Å²) in [5.74, 6) is 0.332. The molecule has 0 spiro atoms. The molecule has 1 amide bonds. The lowest BCUT2D eigenvalue weighted by Gasteiger charge is -2.12. The number of nitrogens with one attached hydrogen (secondary N) is 1. The van der Waals surface area contributed by atoms with Crippen molar-refractivity contribution in [3.8, 4) is 17.1 Å². The quantitative estimate of drug-likeness (QED) is 0.335. The van der Waals surface area contributed by atoms with Crippen molar-refractivity contribution in [1.82, 2.24) is 24.1 Å². The first-order valence-corrected chi connectivity index (χ1v) is 13.7. The number of sulfonamides is 1. The lowest BCUT2D eigenvalue weighted by Crippen LogP contribution is -2.22. The monoisotopic (exact) mass is 532 g/mol. The highest BCUT2D eigenvalue weighted by Gasteiger charge is 2.19. The van der Waals surface area contributed by atoms with Crippen LogP contribution in [0.15, 0.2) is 77.1 Å². The van der Waals surface area contributed by atoms with Gasteiger partial charge in [-0.1, -0.05) is 18.2 Å². The molecule has 3 aromatic heterocycles. The Morgan fingerprint density at radius 2 is 1.86 bits per heavy atom. The van der Waals surface area contributed by atoms with Gasteiger partial charge in [0.25, 0.3) is 0 Å². The maximum atomic E-state index is 12.9. The standard InChI is InChI=1S/C26H24N6O3S2/c1-17-6-4-9-25(28-17)32-23(18-10-11-22-24(12-18)36-16-27-22)14-20(30-32)15-26(33)29-19-7-5-8-21(13-19)37(34,35)31(2)3/h4-14,16H,15H2,1-3H3,(H,29,33). The number of hydrogen-bond acceptors (Lipinski definition) is 7. The molecule has 2 aromatic carbocycles. The Bertz CT molecular complexity index is 1720. The second-order valence-corrected chi connectivity index (χ2v) is 11.7. The largest absolute Gasteiger partial charge is 0.326 e. The van der Waals surface area contributed by atoms with Gasteiger partial charge < -0.3 is 5.32 Å². The zero-order valence-corrected chi connectivity index (χ0v) is 22.0. The first kappa shape index (κ1) is 24.8. The third-order valence-electron chi connectivity index (χ3n) is 5.72. The van der Waals surface area contributed by atoms with Gasteiger partial charge in [0, 0.05) is 31.0 Å². The third-order valence-corrected chi connectivity index (χ3v) is 8.32. The number of aryl methyl sites for hydroxylation is 1. The van der Waals surface area contributed by atoms with Crippen molar-refractivity contribution in [3.05, 3.63) is 83.6 Å². The van der Waals surface area contributed by atoms with Crippen LogP contribution in [0.25, 0.3) is 27.3 Å². The van der Waals surface area contributed by atoms with Crippen LogP contribution in [0.4, 0.5) is 5.69 Å². The first-order chi connectivity index (χ1) is 17.7. The van der Waals surface area contributed by atoms with Crippen molar-refractivity contribution >= 4 is 43.2 Å². The van der Waals surface area contributed by atoms with Gasteiger partial charge in [-0.15, -0.1) is 11.3 Å². The Kier molecular flexibility index (Phi) is 6.59. The van der Waals surface area contributed by atoms with E-state index in [1.54, 1.807) is 28.2 Å². The van der Waals surface area contributed by atoms with Gasteiger partial charge in [0.2, 0.25) is 15.9 Å². The van der Waals surface area contributed by atoms with Gasteiger partial charge in [-0.2, -0.15) is 5.10 Å². The van der Waals surface area contributed by atoms with Crippen LogP contribution in [-0.4, -0.2) is 52.5 Å². The summed E-state index contributed by atoms with van der Waals surface area (Å²) in [6.45, 7) is 1.91. The molecule has 0 saturated carbocycles. The lowest BCUT2D eigenvalue weighted by molar-refractivity contribution is -0.115. The molecule has 0 radical (unpaired) electrons. The molecule has 188 valence electrons. The van der Waals surface area contributed by atoms with E-state index >= 15 is 0 Å². The second-order valence-electron chi connectivity index (χ2n) is 8.64. The molecule has 3 heterocycles. The molecule has 0 bridgehead atoms. The molecular formula is C26H24N6O3S2. The van der Waals surface area contributed by atoms with Crippen LogP contribution in [0.5, 0.6) is 0 Å². The first-order valence-electron chi connectivity index (χ1n) is 11.4. The van der Waals surface area contributed by atoms with Gasteiger partial charge >= 0.3 is 0 Å². The number of benzene rings is 2. The average Bonchev–Trinajstić information content (AvgIpc) is 3.50. The van der Waals surface area contributed by atoms with E-state index in [-0.39, 0.29) is 17.2 Å². The van der Waals surface area contributed by atoms with E-state index in [1.807, 2.05) is 48.8 Å². The molecule has 5 aromatic rings. The zero-order valence-electron chi connectivity index (χ0n) is 20.4. The maximum Gasteiger partial charge on any atom is 0.242 e. The number of thiazole rings is 1. The van der Waals surface area contributed by atoms with Crippen LogP contribution in [0, 0.1) is 6.92 Å². The van der Waals surface area contributed by atoms with Gasteiger partial charge in [-0.25, -0.2) is 27.4 Å². The number of aromatic nitrogens is 4. The minimum absolute atomic E-state index is 0.000719. The van der Waals surface area contributed by atoms with Crippen molar-refractivity contribution in [2.24, 2.45) is 0 Å². The Hall–Kier alpha value is -3.93. The SMILES string of the molecule is Cc1cccc(-n2nc(CC(=O)Nc3cccc(S(=O)(=O)N(C)C)c3)cc2-c2ccc3ncsc3c2)n1. The van der Waals surface area contributed by atoms with Gasteiger partial charge in [0.15, 0.2) is 5.82 Å². The fraction of sp³-hybridized carbons (Fsp3) is 0.154. The normalized spacial score (nSPS) is 11.8. The fourth-order valence-corrected chi connectivity index (χ4v) is 5.54. The molecule has 0 fully saturated rings. The fourth-order valence-electron chi connectivity index (χ4n) is 3.87. The molecule has 0 aliphatic heterocycles. The van der Waals surface area contributed by atoms with Crippen LogP contribution in [0.3, 0.4) is 0 Å². The van der Waals surface area contributed by atoms with Gasteiger partial charge in [-0.3, -0.25) is 4.79 Å². The molecule has 1 N–H and O–H groups in total. The highest BCUT2D eigenvalue weighted by atomic mass is 32.2. The number of carbonyl (C=O) groups excluding carboxylic acids is 1. The van der Waals surface area contributed by atoms with Crippen LogP contribution in [-0.2, 0) is 21.2 Å². The van der Waals surface area contributed by atoms with Crippen molar-refractivity contribution in [3.63, 3.8) is 0 Å². The van der Waals surface area contributed by atoms with E-state index < -0.39 is 10.0 Å². The maximum absolute atomic E-state index is 12.9. The summed E-state index contributed by atoms with van der Waals surface area (Å²) >= 11 is 1.56. The number of pyridine rings is 1. The van der Waals surface area contributed by atoms with E-state index in [1.165, 1.54) is 26.2 Å². The summed E-state index contributed by atoms with van der Waals surface area (Å²) < 4.78 is 28.8. The molecule has 37 heavy (non-hydrogen) atoms. The average molecular weight is 533 g/mol. The Balaban J connectivity index is 1.45. The number of hydrogen-bond donors (Lipinski definition) is 1. The molecule has 0 unspecified atom stereocenters. The molecule has 0 aliphatic rings. The summed E-state index contributed by atoms with van der Waals surface area (Å²) in [6, 6.07) is 19.7. The number of amides is 1. The highest BCUT2D eigenvalue weighted by Crippen LogP contribution is 2.29. The van der Waals surface area contributed by atoms with E-state index in [2.05, 4.69) is 21.4 Å². The minimum Gasteiger partial charge on any atom is -0.326 e. The lowest BCUT2D eigenvalue weighted by atomic mass is 10.1. The van der Waals surface area contributed by atoms with E-state index in [0.29, 0.717) is 17.2 Å². The van der Waals surface area contributed by atoms with Crippen molar-refractivity contribution < 1.29 is 13.2 Å². The number of rotatable bonds is 7. The van der Waals surface area contributed by atoms with Crippen LogP contribution in [0.1, 0.15) is 11.4 Å². The number of fused-ring (bicyclic) bond motifs is 1. The van der Waals surface area contributed by atoms with Crippen LogP contribution >= 0.6 is 11.3 Å². The van der Waals surface area contributed by atoms with Crippen molar-refractivity contribution in [1.29, 1.82) is 0 Å². The predicted molar refractivity (Wildman–Crippen MR) is 144 cm³/mol. The van der Waals surface area contributed by atoms with Gasteiger partial charge in [0.05, 0.1) is 38.4 Å². The molecule has 0 atom stereocenters. The van der Waals surface area contributed by atoms with Gasteiger partial charge in [0.1, 0.15) is 0 Å². The smallest absolute Gasteiger partial charge is 0.242 e. The molecule has 0 saturated heterocycles. The van der Waals surface area contributed by atoms with E-state index in [4.69, 9.17) is 5.10 Å². The van der Waals surface area contributed by atoms with E-state index in [0.717, 1.165) is 31.5 Å². The Morgan fingerprint density at radius 1 is 1.05 bits per heavy atom. The number of nitrogens with zero attached hydrogens (tertiary/aromatic N) is 5. The third kappa shape index (κ3) is 5.15. The number of carbonyl (C=O) groups is 1. The summed E-state index contributed by atoms with van der Waals surface area (Å²) in [5.41, 5.74) is 6.26. The molecule has 11 heteroatoms. The van der Waals surface area contributed by atoms with E-state index in [9.17, 15) is 13.2 Å². The molecule has 9 nitrogen and oxygen atoms in total. The van der Waals surface area contributed by atoms with Crippen LogP contribution in [0.2, 0.25) is 0 Å². The summed E-state index contributed by atoms with van der Waals surface area (Å²) in [4.78, 5) is 22.0. The Labute approximate surface area is 218 Å². The molecule has 5 rings (SSSR count). The van der Waals surface area contributed by atoms with Gasteiger partial charge in [-0.05, 0) is 55.5 Å². The number of anilines is 1. The Morgan fingerprint density at radius 3 is 2.65 bits per heavy atom. The minimum atomic E-state index is -3.62. The second kappa shape index (κ2) is 9.85. The summed E-state index contributed by atoms with van der Waals surface area (Å²) in [6.07, 6.45) is -0.000719. The predicted octanol–water partition coefficient (Wildman–Crippen LogP) is 4.28. The summed E-state index contributed by atoms with van der Waals surface area (Å²) in [5, 5.41) is 7.49. The van der Waals surface area contributed by atoms with Crippen molar-refractivity contribution in [2.75, 3.05) is 19.4 Å². The topological polar surface area (TPSA) is 110 Å².